The minimum absolute atomic E-state index is 0.385. The number of fused-ring (bicyclic) bond motifs is 1. The van der Waals surface area contributed by atoms with Gasteiger partial charge in [-0.2, -0.15) is 0 Å². The van der Waals surface area contributed by atoms with Crippen molar-refractivity contribution in [1.82, 2.24) is 5.32 Å². The molecular weight excluding hydrogens is 248 g/mol. The van der Waals surface area contributed by atoms with Gasteiger partial charge in [-0.15, -0.1) is 11.3 Å². The fraction of sp³-hybridized carbons (Fsp3) is 0.545. The van der Waals surface area contributed by atoms with Gasteiger partial charge in [0.1, 0.15) is 6.10 Å². The van der Waals surface area contributed by atoms with E-state index in [9.17, 15) is 13.6 Å². The lowest BCUT2D eigenvalue weighted by atomic mass is 10.2. The van der Waals surface area contributed by atoms with Gasteiger partial charge in [0.15, 0.2) is 0 Å². The van der Waals surface area contributed by atoms with Crippen molar-refractivity contribution in [3.8, 4) is 0 Å². The van der Waals surface area contributed by atoms with Gasteiger partial charge in [0.05, 0.1) is 4.88 Å². The maximum atomic E-state index is 12.0. The van der Waals surface area contributed by atoms with Gasteiger partial charge in [-0.25, -0.2) is 8.78 Å². The van der Waals surface area contributed by atoms with E-state index < -0.39 is 19.1 Å². The van der Waals surface area contributed by atoms with E-state index in [2.05, 4.69) is 5.32 Å². The number of halogens is 2. The molecule has 1 aromatic heterocycles. The zero-order valence-corrected chi connectivity index (χ0v) is 9.90. The summed E-state index contributed by atoms with van der Waals surface area (Å²) in [6, 6.07) is 1.82. The second kappa shape index (κ2) is 5.10. The maximum absolute atomic E-state index is 12.0. The van der Waals surface area contributed by atoms with Crippen LogP contribution in [0.25, 0.3) is 0 Å². The Morgan fingerprint density at radius 1 is 1.53 bits per heavy atom. The van der Waals surface area contributed by atoms with Crippen molar-refractivity contribution in [2.75, 3.05) is 6.54 Å². The van der Waals surface area contributed by atoms with Gasteiger partial charge in [0.25, 0.3) is 12.3 Å². The van der Waals surface area contributed by atoms with Crippen molar-refractivity contribution in [2.24, 2.45) is 0 Å². The molecule has 1 heterocycles. The molecule has 0 saturated carbocycles. The summed E-state index contributed by atoms with van der Waals surface area (Å²) in [4.78, 5) is 13.4. The molecule has 1 aliphatic carbocycles. The zero-order chi connectivity index (χ0) is 12.4. The van der Waals surface area contributed by atoms with Crippen LogP contribution in [0.3, 0.4) is 0 Å². The molecule has 1 unspecified atom stereocenters. The normalized spacial score (nSPS) is 16.0. The highest BCUT2D eigenvalue weighted by molar-refractivity contribution is 7.14. The molecule has 17 heavy (non-hydrogen) atoms. The highest BCUT2D eigenvalue weighted by atomic mass is 32.1. The number of carbonyl (C=O) groups is 1. The molecule has 3 nitrogen and oxygen atoms in total. The zero-order valence-electron chi connectivity index (χ0n) is 9.08. The number of nitrogens with one attached hydrogen (secondary N) is 1. The molecule has 2 N–H and O–H groups in total. The highest BCUT2D eigenvalue weighted by Crippen LogP contribution is 2.30. The Labute approximate surface area is 101 Å². The van der Waals surface area contributed by atoms with Crippen molar-refractivity contribution in [2.45, 2.75) is 31.8 Å². The monoisotopic (exact) mass is 261 g/mol. The lowest BCUT2D eigenvalue weighted by Crippen LogP contribution is -2.35. The fourth-order valence-corrected chi connectivity index (χ4v) is 2.98. The quantitative estimate of drug-likeness (QED) is 0.864. The van der Waals surface area contributed by atoms with E-state index in [4.69, 9.17) is 5.11 Å². The van der Waals surface area contributed by atoms with Crippen LogP contribution in [0.2, 0.25) is 0 Å². The Morgan fingerprint density at radius 2 is 2.29 bits per heavy atom. The second-order valence-corrected chi connectivity index (χ2v) is 5.16. The largest absolute Gasteiger partial charge is 0.385 e. The number of hydrogen-bond acceptors (Lipinski definition) is 3. The average molecular weight is 261 g/mol. The van der Waals surface area contributed by atoms with Gasteiger partial charge in [-0.3, -0.25) is 4.79 Å². The first-order valence-corrected chi connectivity index (χ1v) is 6.25. The van der Waals surface area contributed by atoms with Gasteiger partial charge in [0, 0.05) is 11.4 Å². The predicted molar refractivity (Wildman–Crippen MR) is 60.7 cm³/mol. The number of amides is 1. The summed E-state index contributed by atoms with van der Waals surface area (Å²) in [5.41, 5.74) is 1.19. The van der Waals surface area contributed by atoms with E-state index in [1.807, 2.05) is 6.07 Å². The summed E-state index contributed by atoms with van der Waals surface area (Å²) in [6.45, 7) is -0.418. The molecule has 0 fully saturated rings. The van der Waals surface area contributed by atoms with Crippen molar-refractivity contribution in [1.29, 1.82) is 0 Å². The summed E-state index contributed by atoms with van der Waals surface area (Å²) in [6.07, 6.45) is -1.53. The third kappa shape index (κ3) is 2.81. The fourth-order valence-electron chi connectivity index (χ4n) is 1.81. The average Bonchev–Trinajstić information content (AvgIpc) is 2.84. The van der Waals surface area contributed by atoms with Crippen molar-refractivity contribution < 1.29 is 18.7 Å². The van der Waals surface area contributed by atoms with E-state index in [0.717, 1.165) is 19.3 Å². The third-order valence-electron chi connectivity index (χ3n) is 2.73. The predicted octanol–water partition coefficient (Wildman–Crippen LogP) is 1.59. The molecule has 0 radical (unpaired) electrons. The Hall–Kier alpha value is -1.01. The number of rotatable bonds is 4. The van der Waals surface area contributed by atoms with Crippen LogP contribution in [0.5, 0.6) is 0 Å². The number of alkyl halides is 2. The minimum Gasteiger partial charge on any atom is -0.385 e. The molecule has 2 rings (SSSR count). The summed E-state index contributed by atoms with van der Waals surface area (Å²) < 4.78 is 24.0. The van der Waals surface area contributed by atoms with E-state index in [1.165, 1.54) is 21.8 Å². The van der Waals surface area contributed by atoms with E-state index in [-0.39, 0.29) is 5.91 Å². The van der Waals surface area contributed by atoms with Crippen LogP contribution in [-0.4, -0.2) is 30.1 Å². The molecule has 1 atom stereocenters. The number of carbonyl (C=O) groups excluding carboxylic acids is 1. The van der Waals surface area contributed by atoms with Gasteiger partial charge in [-0.05, 0) is 30.9 Å². The smallest absolute Gasteiger partial charge is 0.265 e. The summed E-state index contributed by atoms with van der Waals surface area (Å²) >= 11 is 1.41. The first-order chi connectivity index (χ1) is 8.08. The van der Waals surface area contributed by atoms with E-state index in [1.54, 1.807) is 0 Å². The Kier molecular flexibility index (Phi) is 3.73. The van der Waals surface area contributed by atoms with Crippen LogP contribution in [0.1, 0.15) is 26.5 Å². The molecule has 1 aromatic rings. The third-order valence-corrected chi connectivity index (χ3v) is 3.97. The summed E-state index contributed by atoms with van der Waals surface area (Å²) in [5.74, 6) is -0.385. The van der Waals surface area contributed by atoms with Crippen molar-refractivity contribution in [3.05, 3.63) is 21.4 Å². The molecule has 1 aliphatic rings. The Morgan fingerprint density at radius 3 is 2.94 bits per heavy atom. The first-order valence-electron chi connectivity index (χ1n) is 5.44. The van der Waals surface area contributed by atoms with Crippen LogP contribution < -0.4 is 5.32 Å². The molecule has 0 aromatic carbocycles. The molecule has 1 amide bonds. The number of aliphatic hydroxyl groups excluding tert-OH is 1. The van der Waals surface area contributed by atoms with Crippen LogP contribution >= 0.6 is 11.3 Å². The highest BCUT2D eigenvalue weighted by Gasteiger charge is 2.21. The van der Waals surface area contributed by atoms with Crippen LogP contribution in [0.15, 0.2) is 6.07 Å². The second-order valence-electron chi connectivity index (χ2n) is 4.02. The molecule has 6 heteroatoms. The number of aliphatic hydroxyl groups is 1. The minimum atomic E-state index is -2.83. The molecule has 0 spiro atoms. The standard InChI is InChI=1S/C11H13F2NO2S/c12-10(13)7(15)5-14-11(16)9-4-6-2-1-3-8(6)17-9/h4,7,10,15H,1-3,5H2,(H,14,16). The Balaban J connectivity index is 1.91. The molecule has 0 aliphatic heterocycles. The lowest BCUT2D eigenvalue weighted by molar-refractivity contribution is -0.00268. The Bertz CT molecular complexity index is 398. The number of thiophene rings is 1. The molecular formula is C11H13F2NO2S. The molecule has 94 valence electrons. The maximum Gasteiger partial charge on any atom is 0.265 e. The van der Waals surface area contributed by atoms with Crippen LogP contribution in [0.4, 0.5) is 8.78 Å². The van der Waals surface area contributed by atoms with E-state index >= 15 is 0 Å². The summed E-state index contributed by atoms with van der Waals surface area (Å²) in [7, 11) is 0. The topological polar surface area (TPSA) is 49.3 Å². The number of hydrogen-bond donors (Lipinski definition) is 2. The van der Waals surface area contributed by atoms with Crippen LogP contribution in [0, 0.1) is 0 Å². The van der Waals surface area contributed by atoms with Gasteiger partial charge in [-0.1, -0.05) is 0 Å². The lowest BCUT2D eigenvalue weighted by Gasteiger charge is -2.09. The first kappa shape index (κ1) is 12.4. The molecule has 0 saturated heterocycles. The van der Waals surface area contributed by atoms with Gasteiger partial charge in [0.2, 0.25) is 0 Å². The van der Waals surface area contributed by atoms with E-state index in [0.29, 0.717) is 4.88 Å². The number of aryl methyl sites for hydroxylation is 2. The van der Waals surface area contributed by atoms with Crippen molar-refractivity contribution >= 4 is 17.2 Å². The van der Waals surface area contributed by atoms with Crippen LogP contribution in [-0.2, 0) is 12.8 Å². The SMILES string of the molecule is O=C(NCC(O)C(F)F)c1cc2c(s1)CCC2. The summed E-state index contributed by atoms with van der Waals surface area (Å²) in [5, 5.41) is 11.2. The van der Waals surface area contributed by atoms with Crippen molar-refractivity contribution in [3.63, 3.8) is 0 Å². The van der Waals surface area contributed by atoms with Gasteiger partial charge >= 0.3 is 0 Å². The molecule has 0 bridgehead atoms. The van der Waals surface area contributed by atoms with Gasteiger partial charge < -0.3 is 10.4 Å².